The Kier molecular flexibility index (Phi) is 4.88. The van der Waals surface area contributed by atoms with Crippen molar-refractivity contribution in [2.75, 3.05) is 23.8 Å². The summed E-state index contributed by atoms with van der Waals surface area (Å²) in [5, 5.41) is 5.74. The zero-order chi connectivity index (χ0) is 16.2. The van der Waals surface area contributed by atoms with Gasteiger partial charge in [0.25, 0.3) is 5.91 Å². The molecule has 0 radical (unpaired) electrons. The lowest BCUT2D eigenvalue weighted by molar-refractivity contribution is 0.103. The molecule has 2 aromatic rings. The average molecular weight is 335 g/mol. The molecule has 1 fully saturated rings. The second kappa shape index (κ2) is 7.06. The fraction of sp³-hybridized carbons (Fsp3) is 0.375. The van der Waals surface area contributed by atoms with E-state index < -0.39 is 5.82 Å². The fourth-order valence-corrected chi connectivity index (χ4v) is 3.17. The molecular formula is C16H18FN3O2S. The highest BCUT2D eigenvalue weighted by molar-refractivity contribution is 7.12. The highest BCUT2D eigenvalue weighted by atomic mass is 32.1. The summed E-state index contributed by atoms with van der Waals surface area (Å²) < 4.78 is 19.6. The minimum Gasteiger partial charge on any atom is -0.380 e. The van der Waals surface area contributed by atoms with Crippen LogP contribution in [0.4, 0.5) is 15.8 Å². The van der Waals surface area contributed by atoms with Crippen molar-refractivity contribution in [3.63, 3.8) is 0 Å². The Hall–Kier alpha value is -1.99. The number of amides is 1. The SMILES string of the molecule is Cc1ncsc1C(=O)Nc1ccc(NC[C@@H]2CCCO2)c(F)c1. The van der Waals surface area contributed by atoms with Gasteiger partial charge in [0, 0.05) is 18.8 Å². The molecule has 0 aliphatic carbocycles. The molecule has 3 rings (SSSR count). The smallest absolute Gasteiger partial charge is 0.267 e. The number of nitrogens with one attached hydrogen (secondary N) is 2. The summed E-state index contributed by atoms with van der Waals surface area (Å²) in [6, 6.07) is 4.61. The predicted molar refractivity (Wildman–Crippen MR) is 88.7 cm³/mol. The molecule has 0 bridgehead atoms. The van der Waals surface area contributed by atoms with Crippen molar-refractivity contribution in [1.82, 2.24) is 4.98 Å². The van der Waals surface area contributed by atoms with Gasteiger partial charge in [-0.3, -0.25) is 4.79 Å². The first-order valence-corrected chi connectivity index (χ1v) is 8.38. The normalized spacial score (nSPS) is 17.2. The Morgan fingerprint density at radius 1 is 1.52 bits per heavy atom. The molecule has 0 spiro atoms. The molecule has 1 aliphatic heterocycles. The predicted octanol–water partition coefficient (Wildman–Crippen LogP) is 3.43. The van der Waals surface area contributed by atoms with Gasteiger partial charge in [0.1, 0.15) is 10.7 Å². The lowest BCUT2D eigenvalue weighted by Gasteiger charge is -2.13. The van der Waals surface area contributed by atoms with Gasteiger partial charge >= 0.3 is 0 Å². The second-order valence-corrected chi connectivity index (χ2v) is 6.29. The van der Waals surface area contributed by atoms with E-state index in [0.717, 1.165) is 19.4 Å². The quantitative estimate of drug-likeness (QED) is 0.879. The summed E-state index contributed by atoms with van der Waals surface area (Å²) in [4.78, 5) is 16.7. The summed E-state index contributed by atoms with van der Waals surface area (Å²) in [7, 11) is 0. The van der Waals surface area contributed by atoms with Crippen molar-refractivity contribution in [3.05, 3.63) is 40.1 Å². The van der Waals surface area contributed by atoms with Crippen molar-refractivity contribution >= 4 is 28.6 Å². The molecule has 1 aliphatic rings. The lowest BCUT2D eigenvalue weighted by Crippen LogP contribution is -2.19. The number of hydrogen-bond donors (Lipinski definition) is 2. The van der Waals surface area contributed by atoms with E-state index in [-0.39, 0.29) is 12.0 Å². The topological polar surface area (TPSA) is 63.2 Å². The van der Waals surface area contributed by atoms with Gasteiger partial charge in [0.15, 0.2) is 0 Å². The molecule has 1 atom stereocenters. The number of rotatable bonds is 5. The molecule has 2 heterocycles. The maximum Gasteiger partial charge on any atom is 0.267 e. The van der Waals surface area contributed by atoms with Gasteiger partial charge in [0.05, 0.1) is 23.0 Å². The fourth-order valence-electron chi connectivity index (χ4n) is 2.47. The van der Waals surface area contributed by atoms with Gasteiger partial charge in [-0.2, -0.15) is 0 Å². The van der Waals surface area contributed by atoms with Crippen LogP contribution in [0.1, 0.15) is 28.2 Å². The van der Waals surface area contributed by atoms with Crippen LogP contribution >= 0.6 is 11.3 Å². The molecule has 1 aromatic carbocycles. The Balaban J connectivity index is 1.62. The maximum atomic E-state index is 14.1. The van der Waals surface area contributed by atoms with Crippen LogP contribution in [-0.4, -0.2) is 30.1 Å². The third-order valence-corrected chi connectivity index (χ3v) is 4.65. The van der Waals surface area contributed by atoms with E-state index in [1.807, 2.05) is 0 Å². The highest BCUT2D eigenvalue weighted by Crippen LogP contribution is 2.22. The second-order valence-electron chi connectivity index (χ2n) is 5.43. The molecule has 1 saturated heterocycles. The minimum atomic E-state index is -0.401. The molecule has 122 valence electrons. The monoisotopic (exact) mass is 335 g/mol. The van der Waals surface area contributed by atoms with Crippen LogP contribution in [0.3, 0.4) is 0 Å². The number of nitrogens with zero attached hydrogens (tertiary/aromatic N) is 1. The van der Waals surface area contributed by atoms with E-state index in [1.54, 1.807) is 24.6 Å². The molecule has 5 nitrogen and oxygen atoms in total. The number of benzene rings is 1. The molecule has 0 unspecified atom stereocenters. The average Bonchev–Trinajstić information content (AvgIpc) is 3.17. The van der Waals surface area contributed by atoms with Crippen molar-refractivity contribution in [3.8, 4) is 0 Å². The van der Waals surface area contributed by atoms with Gasteiger partial charge in [-0.15, -0.1) is 11.3 Å². The summed E-state index contributed by atoms with van der Waals surface area (Å²) >= 11 is 1.26. The number of ether oxygens (including phenoxy) is 1. The van der Waals surface area contributed by atoms with Crippen LogP contribution in [0.5, 0.6) is 0 Å². The molecular weight excluding hydrogens is 317 g/mol. The van der Waals surface area contributed by atoms with E-state index >= 15 is 0 Å². The molecule has 2 N–H and O–H groups in total. The lowest BCUT2D eigenvalue weighted by atomic mass is 10.2. The molecule has 1 aromatic heterocycles. The van der Waals surface area contributed by atoms with E-state index in [0.29, 0.717) is 28.5 Å². The van der Waals surface area contributed by atoms with Gasteiger partial charge in [0.2, 0.25) is 0 Å². The van der Waals surface area contributed by atoms with Crippen LogP contribution < -0.4 is 10.6 Å². The number of carbonyl (C=O) groups excluding carboxylic acids is 1. The van der Waals surface area contributed by atoms with Crippen molar-refractivity contribution in [2.45, 2.75) is 25.9 Å². The van der Waals surface area contributed by atoms with Gasteiger partial charge in [-0.1, -0.05) is 0 Å². The van der Waals surface area contributed by atoms with E-state index in [4.69, 9.17) is 4.74 Å². The minimum absolute atomic E-state index is 0.142. The van der Waals surface area contributed by atoms with Crippen molar-refractivity contribution in [1.29, 1.82) is 0 Å². The number of aromatic nitrogens is 1. The van der Waals surface area contributed by atoms with Crippen molar-refractivity contribution < 1.29 is 13.9 Å². The van der Waals surface area contributed by atoms with E-state index in [2.05, 4.69) is 15.6 Å². The third-order valence-electron chi connectivity index (χ3n) is 3.72. The maximum absolute atomic E-state index is 14.1. The van der Waals surface area contributed by atoms with Crippen LogP contribution in [-0.2, 0) is 4.74 Å². The number of thiazole rings is 1. The van der Waals surface area contributed by atoms with Crippen LogP contribution in [0.15, 0.2) is 23.7 Å². The number of aryl methyl sites for hydroxylation is 1. The summed E-state index contributed by atoms with van der Waals surface area (Å²) in [5.74, 6) is -0.675. The number of carbonyl (C=O) groups is 1. The summed E-state index contributed by atoms with van der Waals surface area (Å²) in [6.07, 6.45) is 2.19. The number of hydrogen-bond acceptors (Lipinski definition) is 5. The highest BCUT2D eigenvalue weighted by Gasteiger charge is 2.16. The van der Waals surface area contributed by atoms with Gasteiger partial charge in [-0.25, -0.2) is 9.37 Å². The van der Waals surface area contributed by atoms with Crippen molar-refractivity contribution in [2.24, 2.45) is 0 Å². The largest absolute Gasteiger partial charge is 0.380 e. The third kappa shape index (κ3) is 3.86. The Morgan fingerprint density at radius 3 is 3.04 bits per heavy atom. The Bertz CT molecular complexity index is 698. The molecule has 1 amide bonds. The number of halogens is 1. The van der Waals surface area contributed by atoms with Gasteiger partial charge in [-0.05, 0) is 38.0 Å². The van der Waals surface area contributed by atoms with E-state index in [9.17, 15) is 9.18 Å². The first-order chi connectivity index (χ1) is 11.1. The van der Waals surface area contributed by atoms with Crippen LogP contribution in [0.2, 0.25) is 0 Å². The number of anilines is 2. The first-order valence-electron chi connectivity index (χ1n) is 7.50. The zero-order valence-electron chi connectivity index (χ0n) is 12.8. The first kappa shape index (κ1) is 15.9. The summed E-state index contributed by atoms with van der Waals surface area (Å²) in [6.45, 7) is 3.13. The standard InChI is InChI=1S/C16H18FN3O2S/c1-10-15(23-9-19-10)16(21)20-11-4-5-14(13(17)7-11)18-8-12-3-2-6-22-12/h4-5,7,9,12,18H,2-3,6,8H2,1H3,(H,20,21)/t12-/m0/s1. The Morgan fingerprint density at radius 2 is 2.39 bits per heavy atom. The van der Waals surface area contributed by atoms with E-state index in [1.165, 1.54) is 17.4 Å². The molecule has 23 heavy (non-hydrogen) atoms. The molecule has 7 heteroatoms. The van der Waals surface area contributed by atoms with Crippen LogP contribution in [0, 0.1) is 12.7 Å². The summed E-state index contributed by atoms with van der Waals surface area (Å²) in [5.41, 5.74) is 3.11. The molecule has 0 saturated carbocycles. The van der Waals surface area contributed by atoms with Crippen LogP contribution in [0.25, 0.3) is 0 Å². The zero-order valence-corrected chi connectivity index (χ0v) is 13.6. The van der Waals surface area contributed by atoms with Gasteiger partial charge < -0.3 is 15.4 Å². The Labute approximate surface area is 137 Å².